The summed E-state index contributed by atoms with van der Waals surface area (Å²) in [6, 6.07) is 0. The maximum atomic E-state index is 11.3. The monoisotopic (exact) mass is 272 g/mol. The number of carbonyl (C=O) groups excluding carboxylic acids is 1. The highest BCUT2D eigenvalue weighted by Gasteiger charge is 2.14. The Morgan fingerprint density at radius 3 is 2.61 bits per heavy atom. The lowest BCUT2D eigenvalue weighted by Gasteiger charge is -2.22. The first-order valence-electron chi connectivity index (χ1n) is 6.79. The number of alkyl carbamates (subject to hydrolysis) is 1. The Hall–Kier alpha value is -0.840. The molecule has 0 atom stereocenters. The molecule has 2 N–H and O–H groups in total. The highest BCUT2D eigenvalue weighted by molar-refractivity contribution is 7.80. The highest BCUT2D eigenvalue weighted by Crippen LogP contribution is 2.22. The van der Waals surface area contributed by atoms with Gasteiger partial charge in [0.05, 0.1) is 6.61 Å². The third-order valence-electron chi connectivity index (χ3n) is 3.04. The van der Waals surface area contributed by atoms with Crippen molar-refractivity contribution in [2.45, 2.75) is 46.0 Å². The summed E-state index contributed by atoms with van der Waals surface area (Å²) in [7, 11) is 0. The number of amides is 1. The molecule has 1 rings (SSSR count). The van der Waals surface area contributed by atoms with Crippen LogP contribution < -0.4 is 10.6 Å². The third-order valence-corrected chi connectivity index (χ3v) is 3.29. The van der Waals surface area contributed by atoms with Gasteiger partial charge in [0.1, 0.15) is 0 Å². The average molecular weight is 272 g/mol. The maximum Gasteiger partial charge on any atom is 0.413 e. The number of hydrogen-bond donors (Lipinski definition) is 2. The minimum atomic E-state index is -0.468. The normalized spacial score (nSPS) is 16.4. The molecule has 0 bridgehead atoms. The molecule has 4 nitrogen and oxygen atoms in total. The second-order valence-electron chi connectivity index (χ2n) is 5.33. The molecule has 1 aliphatic rings. The van der Waals surface area contributed by atoms with Crippen molar-refractivity contribution in [2.75, 3.05) is 13.2 Å². The van der Waals surface area contributed by atoms with Crippen LogP contribution in [0.5, 0.6) is 0 Å². The van der Waals surface area contributed by atoms with Gasteiger partial charge in [-0.2, -0.15) is 0 Å². The van der Waals surface area contributed by atoms with E-state index >= 15 is 0 Å². The van der Waals surface area contributed by atoms with E-state index in [1.807, 2.05) is 13.8 Å². The summed E-state index contributed by atoms with van der Waals surface area (Å²) >= 11 is 5.06. The molecule has 1 amide bonds. The second kappa shape index (κ2) is 8.29. The number of ether oxygens (including phenoxy) is 1. The van der Waals surface area contributed by atoms with Crippen LogP contribution in [0.25, 0.3) is 0 Å². The molecule has 0 radical (unpaired) electrons. The van der Waals surface area contributed by atoms with Crippen LogP contribution in [0.2, 0.25) is 0 Å². The van der Waals surface area contributed by atoms with Crippen LogP contribution in [-0.2, 0) is 4.74 Å². The third kappa shape index (κ3) is 6.79. The van der Waals surface area contributed by atoms with E-state index in [0.29, 0.717) is 23.6 Å². The second-order valence-corrected chi connectivity index (χ2v) is 5.74. The van der Waals surface area contributed by atoms with Gasteiger partial charge in [-0.25, -0.2) is 4.79 Å². The van der Waals surface area contributed by atoms with Gasteiger partial charge in [0.15, 0.2) is 5.11 Å². The van der Waals surface area contributed by atoms with Crippen molar-refractivity contribution in [1.29, 1.82) is 0 Å². The van der Waals surface area contributed by atoms with Gasteiger partial charge < -0.3 is 10.1 Å². The van der Waals surface area contributed by atoms with E-state index in [1.165, 1.54) is 32.1 Å². The van der Waals surface area contributed by atoms with Crippen LogP contribution in [0, 0.1) is 11.8 Å². The van der Waals surface area contributed by atoms with Gasteiger partial charge in [-0.3, -0.25) is 5.32 Å². The Kier molecular flexibility index (Phi) is 7.01. The zero-order chi connectivity index (χ0) is 13.4. The first-order valence-corrected chi connectivity index (χ1v) is 7.20. The van der Waals surface area contributed by atoms with Crippen molar-refractivity contribution < 1.29 is 9.53 Å². The molecule has 18 heavy (non-hydrogen) atoms. The first-order chi connectivity index (χ1) is 8.58. The molecule has 0 heterocycles. The summed E-state index contributed by atoms with van der Waals surface area (Å²) in [6.07, 6.45) is 6.01. The summed E-state index contributed by atoms with van der Waals surface area (Å²) in [5.41, 5.74) is 0. The molecule has 104 valence electrons. The molecule has 0 aromatic rings. The predicted molar refractivity (Wildman–Crippen MR) is 76.5 cm³/mol. The first kappa shape index (κ1) is 15.2. The van der Waals surface area contributed by atoms with Gasteiger partial charge >= 0.3 is 6.09 Å². The molecular formula is C13H24N2O2S. The fraction of sp³-hybridized carbons (Fsp3) is 0.846. The minimum absolute atomic E-state index is 0.333. The molecular weight excluding hydrogens is 248 g/mol. The SMILES string of the molecule is CC(C)COC(=O)NC(=S)NCC1CCCCC1. The summed E-state index contributed by atoms with van der Waals surface area (Å²) in [6.45, 7) is 5.25. The Balaban J connectivity index is 2.10. The Labute approximate surface area is 115 Å². The summed E-state index contributed by atoms with van der Waals surface area (Å²) < 4.78 is 4.99. The van der Waals surface area contributed by atoms with Crippen LogP contribution in [0.4, 0.5) is 4.79 Å². The molecule has 0 spiro atoms. The molecule has 0 aromatic carbocycles. The average Bonchev–Trinajstić information content (AvgIpc) is 2.35. The molecule has 1 saturated carbocycles. The lowest BCUT2D eigenvalue weighted by molar-refractivity contribution is 0.138. The quantitative estimate of drug-likeness (QED) is 0.773. The molecule has 0 aromatic heterocycles. The fourth-order valence-corrected chi connectivity index (χ4v) is 2.21. The maximum absolute atomic E-state index is 11.3. The van der Waals surface area contributed by atoms with Crippen molar-refractivity contribution in [1.82, 2.24) is 10.6 Å². The van der Waals surface area contributed by atoms with Crippen LogP contribution in [0.15, 0.2) is 0 Å². The van der Waals surface area contributed by atoms with Gasteiger partial charge in [0.25, 0.3) is 0 Å². The number of thiocarbonyl (C=S) groups is 1. The number of nitrogens with one attached hydrogen (secondary N) is 2. The molecule has 1 fully saturated rings. The van der Waals surface area contributed by atoms with Gasteiger partial charge in [-0.05, 0) is 36.9 Å². The van der Waals surface area contributed by atoms with Crippen molar-refractivity contribution >= 4 is 23.4 Å². The summed E-state index contributed by atoms with van der Waals surface area (Å²) in [5.74, 6) is 1.02. The fourth-order valence-electron chi connectivity index (χ4n) is 2.04. The van der Waals surface area contributed by atoms with E-state index in [-0.39, 0.29) is 0 Å². The number of hydrogen-bond acceptors (Lipinski definition) is 3. The van der Waals surface area contributed by atoms with Gasteiger partial charge in [0.2, 0.25) is 0 Å². The lowest BCUT2D eigenvalue weighted by atomic mass is 9.89. The van der Waals surface area contributed by atoms with Crippen LogP contribution in [0.3, 0.4) is 0 Å². The van der Waals surface area contributed by atoms with E-state index < -0.39 is 6.09 Å². The van der Waals surface area contributed by atoms with Crippen LogP contribution >= 0.6 is 12.2 Å². The molecule has 0 aliphatic heterocycles. The number of rotatable bonds is 4. The molecule has 0 saturated heterocycles. The largest absolute Gasteiger partial charge is 0.449 e. The zero-order valence-electron chi connectivity index (χ0n) is 11.3. The van der Waals surface area contributed by atoms with Crippen LogP contribution in [-0.4, -0.2) is 24.4 Å². The standard InChI is InChI=1S/C13H24N2O2S/c1-10(2)9-17-13(16)15-12(18)14-8-11-6-4-3-5-7-11/h10-11H,3-9H2,1-2H3,(H2,14,15,16,18). The molecule has 0 unspecified atom stereocenters. The van der Waals surface area contributed by atoms with E-state index in [4.69, 9.17) is 17.0 Å². The smallest absolute Gasteiger partial charge is 0.413 e. The Morgan fingerprint density at radius 2 is 2.00 bits per heavy atom. The topological polar surface area (TPSA) is 50.4 Å². The predicted octanol–water partition coefficient (Wildman–Crippen LogP) is 2.82. The van der Waals surface area contributed by atoms with Crippen LogP contribution in [0.1, 0.15) is 46.0 Å². The van der Waals surface area contributed by atoms with E-state index in [9.17, 15) is 4.79 Å². The van der Waals surface area contributed by atoms with Crippen molar-refractivity contribution in [3.05, 3.63) is 0 Å². The van der Waals surface area contributed by atoms with Gasteiger partial charge in [-0.15, -0.1) is 0 Å². The Morgan fingerprint density at radius 1 is 1.33 bits per heavy atom. The van der Waals surface area contributed by atoms with Crippen molar-refractivity contribution in [3.63, 3.8) is 0 Å². The Bertz CT molecular complexity index is 276. The van der Waals surface area contributed by atoms with Gasteiger partial charge in [0, 0.05) is 6.54 Å². The lowest BCUT2D eigenvalue weighted by Crippen LogP contribution is -2.42. The zero-order valence-corrected chi connectivity index (χ0v) is 12.1. The van der Waals surface area contributed by atoms with E-state index in [0.717, 1.165) is 6.54 Å². The van der Waals surface area contributed by atoms with Crippen molar-refractivity contribution in [3.8, 4) is 0 Å². The number of carbonyl (C=O) groups is 1. The minimum Gasteiger partial charge on any atom is -0.449 e. The van der Waals surface area contributed by atoms with Gasteiger partial charge in [-0.1, -0.05) is 33.1 Å². The molecule has 1 aliphatic carbocycles. The van der Waals surface area contributed by atoms with E-state index in [1.54, 1.807) is 0 Å². The molecule has 5 heteroatoms. The summed E-state index contributed by atoms with van der Waals surface area (Å²) in [4.78, 5) is 11.3. The summed E-state index contributed by atoms with van der Waals surface area (Å²) in [5, 5.41) is 5.99. The highest BCUT2D eigenvalue weighted by atomic mass is 32.1. The van der Waals surface area contributed by atoms with E-state index in [2.05, 4.69) is 10.6 Å². The van der Waals surface area contributed by atoms with Crippen molar-refractivity contribution in [2.24, 2.45) is 11.8 Å².